The van der Waals surface area contributed by atoms with Crippen LogP contribution in [0.4, 0.5) is 4.79 Å². The van der Waals surface area contributed by atoms with Crippen LogP contribution in [0.5, 0.6) is 17.2 Å². The molecule has 34 heavy (non-hydrogen) atoms. The average molecular weight is 461 g/mol. The molecule has 5 rings (SSSR count). The molecule has 0 saturated heterocycles. The van der Waals surface area contributed by atoms with Gasteiger partial charge in [0, 0.05) is 4.74 Å². The summed E-state index contributed by atoms with van der Waals surface area (Å²) < 4.78 is 19.3. The molecule has 7 nitrogen and oxygen atoms in total. The molecular formula is C27H28N2O5+2. The number of fused-ring (bicyclic) bond motifs is 2. The minimum absolute atomic E-state index is 0.205. The van der Waals surface area contributed by atoms with Crippen LogP contribution in [0.1, 0.15) is 29.2 Å². The van der Waals surface area contributed by atoms with Crippen molar-refractivity contribution in [3.05, 3.63) is 89.0 Å². The molecule has 0 unspecified atom stereocenters. The molecule has 0 saturated carbocycles. The van der Waals surface area contributed by atoms with Gasteiger partial charge in [-0.25, -0.2) is 4.84 Å². The van der Waals surface area contributed by atoms with E-state index in [2.05, 4.69) is 0 Å². The Hall–Kier alpha value is -4.13. The predicted octanol–water partition coefficient (Wildman–Crippen LogP) is 4.70. The van der Waals surface area contributed by atoms with Crippen molar-refractivity contribution >= 4 is 18.5 Å². The Morgan fingerprint density at radius 2 is 1.44 bits per heavy atom. The monoisotopic (exact) mass is 460 g/mol. The molecule has 3 aromatic carbocycles. The maximum absolute atomic E-state index is 11.5. The quantitative estimate of drug-likeness (QED) is 0.530. The highest BCUT2D eigenvalue weighted by Crippen LogP contribution is 2.25. The van der Waals surface area contributed by atoms with Gasteiger partial charge in [0.1, 0.15) is 11.5 Å². The lowest BCUT2D eigenvalue weighted by Crippen LogP contribution is -2.30. The summed E-state index contributed by atoms with van der Waals surface area (Å²) in [7, 11) is 0. The molecule has 7 heteroatoms. The van der Waals surface area contributed by atoms with Gasteiger partial charge in [0.25, 0.3) is 6.73 Å². The number of nitrogens with zero attached hydrogens (tertiary/aromatic N) is 2. The molecule has 1 amide bonds. The van der Waals surface area contributed by atoms with E-state index in [9.17, 15) is 4.79 Å². The number of amides is 1. The van der Waals surface area contributed by atoms with E-state index >= 15 is 0 Å². The molecule has 2 aliphatic rings. The third kappa shape index (κ3) is 5.43. The fourth-order valence-corrected chi connectivity index (χ4v) is 3.59. The summed E-state index contributed by atoms with van der Waals surface area (Å²) in [5, 5.41) is 0. The summed E-state index contributed by atoms with van der Waals surface area (Å²) in [6, 6.07) is 21.6. The third-order valence-corrected chi connectivity index (χ3v) is 5.21. The molecule has 2 aliphatic heterocycles. The Morgan fingerprint density at radius 3 is 2.09 bits per heavy atom. The number of hydrogen-bond acceptors (Lipinski definition) is 5. The number of carbonyl (C=O) groups excluding carboxylic acids is 1. The second kappa shape index (κ2) is 10.7. The number of hydroxylamine groups is 1. The van der Waals surface area contributed by atoms with Gasteiger partial charge in [-0.15, -0.1) is 0 Å². The minimum atomic E-state index is -0.380. The van der Waals surface area contributed by atoms with E-state index in [-0.39, 0.29) is 12.8 Å². The van der Waals surface area contributed by atoms with E-state index < -0.39 is 0 Å². The molecule has 0 radical (unpaired) electrons. The van der Waals surface area contributed by atoms with Gasteiger partial charge in [-0.1, -0.05) is 47.0 Å². The predicted molar refractivity (Wildman–Crippen MR) is 128 cm³/mol. The van der Waals surface area contributed by atoms with Crippen LogP contribution >= 0.6 is 0 Å². The lowest BCUT2D eigenvalue weighted by molar-refractivity contribution is -0.759. The van der Waals surface area contributed by atoms with E-state index in [1.807, 2.05) is 86.8 Å². The topological polar surface area (TPSA) is 60.0 Å². The van der Waals surface area contributed by atoms with Crippen molar-refractivity contribution in [1.29, 1.82) is 0 Å². The standard InChI is InChI=1S/C15H14NO2.C12H14NO3/c1-12-6-5-7-13-10-16(11-17-15(12)13)18-14-8-3-2-4-9-14;1-3-15-12(14)13-7-10-6-4-5-9(2)11(10)16-8-13/h2-10H,11H2,1H3;4-7H,3,8H2,1-2H3/q2*+1. The van der Waals surface area contributed by atoms with E-state index in [1.165, 1.54) is 4.58 Å². The van der Waals surface area contributed by atoms with E-state index in [4.69, 9.17) is 19.0 Å². The zero-order chi connectivity index (χ0) is 23.9. The van der Waals surface area contributed by atoms with Gasteiger partial charge < -0.3 is 14.2 Å². The molecule has 0 N–H and O–H groups in total. The van der Waals surface area contributed by atoms with Crippen LogP contribution in [-0.4, -0.2) is 47.9 Å². The number of carbonyl (C=O) groups is 1. The molecule has 0 spiro atoms. The normalized spacial score (nSPS) is 13.4. The zero-order valence-corrected chi connectivity index (χ0v) is 19.6. The molecule has 0 aliphatic carbocycles. The van der Waals surface area contributed by atoms with Crippen LogP contribution in [0.25, 0.3) is 0 Å². The molecule has 2 heterocycles. The molecular weight excluding hydrogens is 432 g/mol. The van der Waals surface area contributed by atoms with E-state index in [0.29, 0.717) is 13.3 Å². The van der Waals surface area contributed by atoms with Crippen LogP contribution in [0.15, 0.2) is 66.7 Å². The van der Waals surface area contributed by atoms with Gasteiger partial charge in [0.15, 0.2) is 6.21 Å². The summed E-state index contributed by atoms with van der Waals surface area (Å²) in [5.74, 6) is 2.57. The molecule has 0 bridgehead atoms. The lowest BCUT2D eigenvalue weighted by atomic mass is 10.1. The maximum Gasteiger partial charge on any atom is 0.599 e. The molecule has 0 fully saturated rings. The maximum atomic E-state index is 11.5. The zero-order valence-electron chi connectivity index (χ0n) is 19.6. The van der Waals surface area contributed by atoms with Crippen molar-refractivity contribution < 1.29 is 33.2 Å². The van der Waals surface area contributed by atoms with Crippen LogP contribution in [-0.2, 0) is 4.74 Å². The minimum Gasteiger partial charge on any atom is -0.434 e. The molecule has 3 aromatic rings. The average Bonchev–Trinajstić information content (AvgIpc) is 2.85. The van der Waals surface area contributed by atoms with Gasteiger partial charge in [-0.3, -0.25) is 0 Å². The van der Waals surface area contributed by atoms with Crippen LogP contribution < -0.4 is 14.3 Å². The highest BCUT2D eigenvalue weighted by Gasteiger charge is 2.25. The van der Waals surface area contributed by atoms with Gasteiger partial charge in [0.05, 0.1) is 17.7 Å². The van der Waals surface area contributed by atoms with Crippen LogP contribution in [0.2, 0.25) is 0 Å². The lowest BCUT2D eigenvalue weighted by Gasteiger charge is -2.13. The van der Waals surface area contributed by atoms with Gasteiger partial charge >= 0.3 is 12.8 Å². The first-order valence-corrected chi connectivity index (χ1v) is 11.1. The summed E-state index contributed by atoms with van der Waals surface area (Å²) >= 11 is 0. The Bertz CT molecular complexity index is 1240. The number of para-hydroxylation sites is 3. The Balaban J connectivity index is 0.000000162. The second-order valence-electron chi connectivity index (χ2n) is 7.78. The van der Waals surface area contributed by atoms with Crippen molar-refractivity contribution in [2.75, 3.05) is 20.1 Å². The number of benzene rings is 3. The Kier molecular flexibility index (Phi) is 7.22. The summed E-state index contributed by atoms with van der Waals surface area (Å²) in [4.78, 5) is 17.2. The first-order valence-electron chi connectivity index (χ1n) is 11.1. The van der Waals surface area contributed by atoms with Crippen molar-refractivity contribution in [1.82, 2.24) is 0 Å². The number of hydrogen-bond donors (Lipinski definition) is 0. The van der Waals surface area contributed by atoms with Gasteiger partial charge in [-0.2, -0.15) is 4.79 Å². The first kappa shape index (κ1) is 23.0. The summed E-state index contributed by atoms with van der Waals surface area (Å²) in [6.07, 6.45) is 3.33. The van der Waals surface area contributed by atoms with Crippen molar-refractivity contribution in [3.8, 4) is 17.2 Å². The van der Waals surface area contributed by atoms with Crippen LogP contribution in [0, 0.1) is 13.8 Å². The number of ether oxygens (including phenoxy) is 3. The van der Waals surface area contributed by atoms with Crippen molar-refractivity contribution in [2.24, 2.45) is 0 Å². The SMILES string of the molecule is CCOC(=O)[N+]1=Cc2cccc(C)c2OC1.Cc1cccc2c1OC[N+](Oc1ccccc1)=C2. The van der Waals surface area contributed by atoms with Gasteiger partial charge in [0.2, 0.25) is 12.0 Å². The number of rotatable bonds is 3. The summed E-state index contributed by atoms with van der Waals surface area (Å²) in [6.45, 7) is 6.77. The first-order chi connectivity index (χ1) is 16.5. The highest BCUT2D eigenvalue weighted by molar-refractivity contribution is 5.84. The fraction of sp³-hybridized carbons (Fsp3) is 0.222. The second-order valence-corrected chi connectivity index (χ2v) is 7.78. The van der Waals surface area contributed by atoms with Crippen molar-refractivity contribution in [3.63, 3.8) is 0 Å². The largest absolute Gasteiger partial charge is 0.599 e. The Morgan fingerprint density at radius 1 is 0.824 bits per heavy atom. The van der Waals surface area contributed by atoms with Gasteiger partial charge in [-0.05, 0) is 56.2 Å². The summed E-state index contributed by atoms with van der Waals surface area (Å²) in [5.41, 5.74) is 4.15. The highest BCUT2D eigenvalue weighted by atomic mass is 16.7. The third-order valence-electron chi connectivity index (χ3n) is 5.21. The molecule has 0 atom stereocenters. The van der Waals surface area contributed by atoms with Crippen molar-refractivity contribution in [2.45, 2.75) is 20.8 Å². The molecule has 0 aromatic heterocycles. The number of aryl methyl sites for hydroxylation is 2. The van der Waals surface area contributed by atoms with E-state index in [1.54, 1.807) is 17.9 Å². The Labute approximate surface area is 199 Å². The van der Waals surface area contributed by atoms with E-state index in [0.717, 1.165) is 39.5 Å². The smallest absolute Gasteiger partial charge is 0.434 e. The molecule has 174 valence electrons. The fourth-order valence-electron chi connectivity index (χ4n) is 3.59. The van der Waals surface area contributed by atoms with Crippen LogP contribution in [0.3, 0.4) is 0 Å².